The lowest BCUT2D eigenvalue weighted by molar-refractivity contribution is -0.141. The number of hydrogen-bond acceptors (Lipinski definition) is 4. The summed E-state index contributed by atoms with van der Waals surface area (Å²) < 4.78 is 4.67. The van der Waals surface area contributed by atoms with Gasteiger partial charge in [0, 0.05) is 12.1 Å². The van der Waals surface area contributed by atoms with E-state index in [1.54, 1.807) is 24.3 Å². The summed E-state index contributed by atoms with van der Waals surface area (Å²) in [6, 6.07) is 17.7. The molecule has 0 fully saturated rings. The molecule has 0 N–H and O–H groups in total. The third-order valence-electron chi connectivity index (χ3n) is 3.31. The maximum absolute atomic E-state index is 12.6. The van der Waals surface area contributed by atoms with Crippen LogP contribution in [0.3, 0.4) is 0 Å². The second-order valence-corrected chi connectivity index (χ2v) is 4.91. The van der Waals surface area contributed by atoms with Gasteiger partial charge in [0.25, 0.3) is 5.91 Å². The van der Waals surface area contributed by atoms with Crippen LogP contribution in [0.15, 0.2) is 54.6 Å². The molecule has 0 spiro atoms. The number of methoxy groups -OCH3 is 1. The summed E-state index contributed by atoms with van der Waals surface area (Å²) in [6.07, 6.45) is 0. The molecule has 0 saturated carbocycles. The Labute approximate surface area is 134 Å². The molecule has 0 radical (unpaired) electrons. The lowest BCUT2D eigenvalue weighted by Gasteiger charge is -2.21. The molecule has 1 amide bonds. The molecule has 2 rings (SSSR count). The first-order chi connectivity index (χ1) is 11.1. The number of hydrogen-bond donors (Lipinski definition) is 0. The van der Waals surface area contributed by atoms with Crippen molar-refractivity contribution in [2.75, 3.05) is 13.7 Å². The van der Waals surface area contributed by atoms with Gasteiger partial charge >= 0.3 is 5.97 Å². The van der Waals surface area contributed by atoms with E-state index in [1.807, 2.05) is 36.4 Å². The van der Waals surface area contributed by atoms with Crippen molar-refractivity contribution < 1.29 is 14.3 Å². The number of rotatable bonds is 5. The highest BCUT2D eigenvalue weighted by Crippen LogP contribution is 2.11. The standard InChI is InChI=1S/C18H16N2O3/c1-23-17(21)13-20(12-15-5-3-2-4-6-15)18(22)16-9-7-14(11-19)8-10-16/h2-10H,12-13H2,1H3. The van der Waals surface area contributed by atoms with Crippen molar-refractivity contribution in [3.05, 3.63) is 71.3 Å². The molecule has 0 aliphatic heterocycles. The number of ether oxygens (including phenoxy) is 1. The monoisotopic (exact) mass is 308 g/mol. The Balaban J connectivity index is 2.22. The van der Waals surface area contributed by atoms with Gasteiger partial charge < -0.3 is 9.64 Å². The van der Waals surface area contributed by atoms with Crippen molar-refractivity contribution in [1.82, 2.24) is 4.90 Å². The van der Waals surface area contributed by atoms with Gasteiger partial charge in [0.15, 0.2) is 0 Å². The van der Waals surface area contributed by atoms with E-state index in [-0.39, 0.29) is 12.5 Å². The molecule has 0 unspecified atom stereocenters. The van der Waals surface area contributed by atoms with Crippen LogP contribution < -0.4 is 0 Å². The molecule has 116 valence electrons. The van der Waals surface area contributed by atoms with Crippen LogP contribution in [0.25, 0.3) is 0 Å². The van der Waals surface area contributed by atoms with E-state index in [2.05, 4.69) is 4.74 Å². The van der Waals surface area contributed by atoms with Gasteiger partial charge in [0.1, 0.15) is 6.54 Å². The Hall–Kier alpha value is -3.13. The summed E-state index contributed by atoms with van der Waals surface area (Å²) in [4.78, 5) is 25.6. The SMILES string of the molecule is COC(=O)CN(Cc1ccccc1)C(=O)c1ccc(C#N)cc1. The molecule has 2 aromatic rings. The molecule has 0 aliphatic carbocycles. The predicted molar refractivity (Wildman–Crippen MR) is 84.4 cm³/mol. The third kappa shape index (κ3) is 4.42. The average molecular weight is 308 g/mol. The van der Waals surface area contributed by atoms with Gasteiger partial charge in [-0.1, -0.05) is 30.3 Å². The van der Waals surface area contributed by atoms with Gasteiger partial charge in [-0.15, -0.1) is 0 Å². The van der Waals surface area contributed by atoms with Crippen molar-refractivity contribution in [1.29, 1.82) is 5.26 Å². The van der Waals surface area contributed by atoms with E-state index >= 15 is 0 Å². The highest BCUT2D eigenvalue weighted by molar-refractivity contribution is 5.96. The maximum Gasteiger partial charge on any atom is 0.325 e. The first-order valence-corrected chi connectivity index (χ1v) is 7.04. The second kappa shape index (κ2) is 7.76. The summed E-state index contributed by atoms with van der Waals surface area (Å²) in [5.41, 5.74) is 1.81. The average Bonchev–Trinajstić information content (AvgIpc) is 2.61. The van der Waals surface area contributed by atoms with E-state index < -0.39 is 5.97 Å². The quantitative estimate of drug-likeness (QED) is 0.795. The summed E-state index contributed by atoms with van der Waals surface area (Å²) >= 11 is 0. The highest BCUT2D eigenvalue weighted by Gasteiger charge is 2.19. The molecule has 0 heterocycles. The molecule has 5 nitrogen and oxygen atoms in total. The van der Waals surface area contributed by atoms with Crippen LogP contribution in [0.2, 0.25) is 0 Å². The van der Waals surface area contributed by atoms with Crippen LogP contribution in [0.4, 0.5) is 0 Å². The molecule has 5 heteroatoms. The zero-order valence-electron chi connectivity index (χ0n) is 12.7. The number of esters is 1. The van der Waals surface area contributed by atoms with Crippen LogP contribution >= 0.6 is 0 Å². The molecule has 23 heavy (non-hydrogen) atoms. The van der Waals surface area contributed by atoms with Crippen LogP contribution in [0.5, 0.6) is 0 Å². The number of amides is 1. The van der Waals surface area contributed by atoms with E-state index in [0.717, 1.165) is 5.56 Å². The highest BCUT2D eigenvalue weighted by atomic mass is 16.5. The Morgan fingerprint density at radius 3 is 2.30 bits per heavy atom. The van der Waals surface area contributed by atoms with Crippen LogP contribution in [0.1, 0.15) is 21.5 Å². The lowest BCUT2D eigenvalue weighted by atomic mass is 10.1. The topological polar surface area (TPSA) is 70.4 Å². The van der Waals surface area contributed by atoms with Gasteiger partial charge in [-0.25, -0.2) is 0 Å². The Morgan fingerprint density at radius 2 is 1.74 bits per heavy atom. The molecule has 0 saturated heterocycles. The Kier molecular flexibility index (Phi) is 5.48. The normalized spacial score (nSPS) is 9.74. The van der Waals surface area contributed by atoms with Crippen LogP contribution in [-0.4, -0.2) is 30.4 Å². The largest absolute Gasteiger partial charge is 0.468 e. The van der Waals surface area contributed by atoms with E-state index in [1.165, 1.54) is 12.0 Å². The smallest absolute Gasteiger partial charge is 0.325 e. The van der Waals surface area contributed by atoms with Crippen molar-refractivity contribution >= 4 is 11.9 Å². The molecule has 0 atom stereocenters. The Morgan fingerprint density at radius 1 is 1.09 bits per heavy atom. The predicted octanol–water partition coefficient (Wildman–Crippen LogP) is 2.37. The number of carbonyl (C=O) groups is 2. The fourth-order valence-electron chi connectivity index (χ4n) is 2.09. The van der Waals surface area contributed by atoms with Gasteiger partial charge in [-0.3, -0.25) is 9.59 Å². The molecule has 0 aliphatic rings. The van der Waals surface area contributed by atoms with Crippen LogP contribution in [-0.2, 0) is 16.1 Å². The molecule has 0 aromatic heterocycles. The van der Waals surface area contributed by atoms with Crippen molar-refractivity contribution in [3.8, 4) is 6.07 Å². The molecule has 0 bridgehead atoms. The number of nitriles is 1. The maximum atomic E-state index is 12.6. The van der Waals surface area contributed by atoms with E-state index in [4.69, 9.17) is 5.26 Å². The molecular formula is C18H16N2O3. The lowest BCUT2D eigenvalue weighted by Crippen LogP contribution is -2.35. The first kappa shape index (κ1) is 16.2. The van der Waals surface area contributed by atoms with Gasteiger partial charge in [-0.05, 0) is 29.8 Å². The first-order valence-electron chi connectivity index (χ1n) is 7.04. The summed E-state index contributed by atoms with van der Waals surface area (Å²) in [6.45, 7) is 0.166. The van der Waals surface area contributed by atoms with E-state index in [9.17, 15) is 9.59 Å². The minimum atomic E-state index is -0.483. The van der Waals surface area contributed by atoms with Crippen molar-refractivity contribution in [2.45, 2.75) is 6.54 Å². The summed E-state index contributed by atoms with van der Waals surface area (Å²) in [5.74, 6) is -0.772. The number of benzene rings is 2. The molecular weight excluding hydrogens is 292 g/mol. The van der Waals surface area contributed by atoms with E-state index in [0.29, 0.717) is 17.7 Å². The summed E-state index contributed by atoms with van der Waals surface area (Å²) in [7, 11) is 1.29. The van der Waals surface area contributed by atoms with Crippen molar-refractivity contribution in [3.63, 3.8) is 0 Å². The second-order valence-electron chi connectivity index (χ2n) is 4.91. The van der Waals surface area contributed by atoms with Gasteiger partial charge in [0.2, 0.25) is 0 Å². The minimum absolute atomic E-state index is 0.135. The zero-order valence-corrected chi connectivity index (χ0v) is 12.7. The molecule has 2 aromatic carbocycles. The van der Waals surface area contributed by atoms with Crippen molar-refractivity contribution in [2.24, 2.45) is 0 Å². The number of nitrogens with zero attached hydrogens (tertiary/aromatic N) is 2. The summed E-state index contributed by atoms with van der Waals surface area (Å²) in [5, 5.41) is 8.82. The minimum Gasteiger partial charge on any atom is -0.468 e. The Bertz CT molecular complexity index is 718. The van der Waals surface area contributed by atoms with Gasteiger partial charge in [0.05, 0.1) is 18.7 Å². The van der Waals surface area contributed by atoms with Gasteiger partial charge in [-0.2, -0.15) is 5.26 Å². The third-order valence-corrected chi connectivity index (χ3v) is 3.31. The number of carbonyl (C=O) groups excluding carboxylic acids is 2. The van der Waals surface area contributed by atoms with Crippen LogP contribution in [0, 0.1) is 11.3 Å². The fraction of sp³-hybridized carbons (Fsp3) is 0.167. The fourth-order valence-corrected chi connectivity index (χ4v) is 2.09. The zero-order chi connectivity index (χ0) is 16.7.